The molecule has 5 rings (SSSR count). The summed E-state index contributed by atoms with van der Waals surface area (Å²) in [7, 11) is 0. The van der Waals surface area contributed by atoms with Gasteiger partial charge in [0.15, 0.2) is 6.61 Å². The molecule has 3 heterocycles. The first-order valence-electron chi connectivity index (χ1n) is 10.7. The van der Waals surface area contributed by atoms with Crippen molar-refractivity contribution in [3.8, 4) is 6.07 Å². The van der Waals surface area contributed by atoms with E-state index in [1.807, 2.05) is 48.5 Å². The van der Waals surface area contributed by atoms with E-state index in [0.29, 0.717) is 33.5 Å². The molecule has 0 radical (unpaired) electrons. The maximum Gasteiger partial charge on any atom is 0.339 e. The third-order valence-corrected chi connectivity index (χ3v) is 6.44. The molecule has 0 atom stereocenters. The molecule has 1 N–H and O–H groups in total. The number of nitrogens with one attached hydrogen (secondary N) is 1. The van der Waals surface area contributed by atoms with E-state index in [9.17, 15) is 9.59 Å². The fraction of sp³-hybridized carbons (Fsp3) is 0.154. The summed E-state index contributed by atoms with van der Waals surface area (Å²) in [4.78, 5) is 30.5. The Bertz CT molecular complexity index is 1460. The van der Waals surface area contributed by atoms with Gasteiger partial charge in [-0.3, -0.25) is 4.79 Å². The molecular weight excluding hydrogens is 450 g/mol. The van der Waals surface area contributed by atoms with Gasteiger partial charge in [0.2, 0.25) is 0 Å². The quantitative estimate of drug-likeness (QED) is 0.391. The third kappa shape index (κ3) is 4.21. The molecule has 1 aliphatic rings. The van der Waals surface area contributed by atoms with Crippen molar-refractivity contribution in [2.45, 2.75) is 19.3 Å². The van der Waals surface area contributed by atoms with Crippen molar-refractivity contribution >= 4 is 50.8 Å². The Balaban J connectivity index is 1.46. The molecule has 3 aromatic heterocycles. The van der Waals surface area contributed by atoms with Crippen LogP contribution in [0.2, 0.25) is 0 Å². The molecule has 0 saturated heterocycles. The number of carbonyl (C=O) groups excluding carboxylic acids is 2. The second-order valence-corrected chi connectivity index (χ2v) is 8.69. The number of pyridine rings is 1. The van der Waals surface area contributed by atoms with E-state index in [1.54, 1.807) is 17.7 Å². The Hall–Kier alpha value is -4.22. The first-order valence-corrected chi connectivity index (χ1v) is 11.6. The molecular formula is C26H19N3O4S. The van der Waals surface area contributed by atoms with Crippen LogP contribution in [0.1, 0.15) is 45.8 Å². The van der Waals surface area contributed by atoms with Crippen LogP contribution in [-0.2, 0) is 16.0 Å². The Morgan fingerprint density at radius 3 is 2.91 bits per heavy atom. The summed E-state index contributed by atoms with van der Waals surface area (Å²) in [5.41, 5.74) is 4.06. The molecule has 168 valence electrons. The lowest BCUT2D eigenvalue weighted by molar-refractivity contribution is -0.119. The van der Waals surface area contributed by atoms with Crippen molar-refractivity contribution in [2.75, 3.05) is 11.9 Å². The topological polar surface area (TPSA) is 105 Å². The molecule has 34 heavy (non-hydrogen) atoms. The zero-order chi connectivity index (χ0) is 23.5. The Morgan fingerprint density at radius 1 is 1.21 bits per heavy atom. The maximum atomic E-state index is 13.3. The van der Waals surface area contributed by atoms with E-state index < -0.39 is 18.5 Å². The number of carbonyl (C=O) groups is 2. The molecule has 1 aliphatic carbocycles. The van der Waals surface area contributed by atoms with Crippen LogP contribution in [0.5, 0.6) is 0 Å². The number of nitriles is 1. The van der Waals surface area contributed by atoms with E-state index in [2.05, 4.69) is 5.32 Å². The Labute approximate surface area is 199 Å². The standard InChI is InChI=1S/C26H19N3O4S/c27-14-17-10-12-34-25(17)29-22(30)15-33-26(31)23-19-7-1-2-9-21(19)28-24-16(5-3-8-20(23)24)13-18-6-4-11-32-18/h1-2,4,6-7,9-13H,3,5,8,15H2,(H,29,30)/b16-13-. The summed E-state index contributed by atoms with van der Waals surface area (Å²) in [6.45, 7) is -0.456. The van der Waals surface area contributed by atoms with Gasteiger partial charge in [-0.25, -0.2) is 9.78 Å². The van der Waals surface area contributed by atoms with Crippen molar-refractivity contribution in [1.82, 2.24) is 4.98 Å². The van der Waals surface area contributed by atoms with E-state index in [0.717, 1.165) is 35.4 Å². The van der Waals surface area contributed by atoms with Gasteiger partial charge >= 0.3 is 5.97 Å². The molecule has 0 aliphatic heterocycles. The van der Waals surface area contributed by atoms with E-state index in [4.69, 9.17) is 19.4 Å². The monoisotopic (exact) mass is 469 g/mol. The highest BCUT2D eigenvalue weighted by Crippen LogP contribution is 2.36. The van der Waals surface area contributed by atoms with Gasteiger partial charge in [0.25, 0.3) is 5.91 Å². The maximum absolute atomic E-state index is 13.3. The molecule has 0 saturated carbocycles. The first-order chi connectivity index (χ1) is 16.6. The summed E-state index contributed by atoms with van der Waals surface area (Å²) >= 11 is 1.24. The SMILES string of the molecule is N#Cc1ccsc1NC(=O)COC(=O)c1c2c(nc3ccccc13)/C(=C\c1ccco1)CCC2. The van der Waals surface area contributed by atoms with Gasteiger partial charge in [-0.15, -0.1) is 11.3 Å². The number of benzene rings is 1. The van der Waals surface area contributed by atoms with Crippen molar-refractivity contribution in [1.29, 1.82) is 5.26 Å². The van der Waals surface area contributed by atoms with E-state index >= 15 is 0 Å². The number of hydrogen-bond donors (Lipinski definition) is 1. The van der Waals surface area contributed by atoms with Crippen LogP contribution in [-0.4, -0.2) is 23.5 Å². The predicted molar refractivity (Wildman–Crippen MR) is 129 cm³/mol. The van der Waals surface area contributed by atoms with Crippen LogP contribution < -0.4 is 5.32 Å². The minimum atomic E-state index is -0.573. The average Bonchev–Trinajstić information content (AvgIpc) is 3.53. The Morgan fingerprint density at radius 2 is 2.09 bits per heavy atom. The summed E-state index contributed by atoms with van der Waals surface area (Å²) < 4.78 is 10.9. The number of rotatable bonds is 5. The molecule has 0 fully saturated rings. The normalized spacial score (nSPS) is 13.9. The van der Waals surface area contributed by atoms with Crippen LogP contribution >= 0.6 is 11.3 Å². The van der Waals surface area contributed by atoms with Crippen molar-refractivity contribution in [2.24, 2.45) is 0 Å². The van der Waals surface area contributed by atoms with Crippen LogP contribution in [0, 0.1) is 11.3 Å². The number of nitrogens with zero attached hydrogens (tertiary/aromatic N) is 2. The number of allylic oxidation sites excluding steroid dienone is 1. The molecule has 8 heteroatoms. The van der Waals surface area contributed by atoms with E-state index in [-0.39, 0.29) is 0 Å². The number of aromatic nitrogens is 1. The van der Waals surface area contributed by atoms with Crippen molar-refractivity contribution < 1.29 is 18.7 Å². The first kappa shape index (κ1) is 21.6. The number of anilines is 1. The second-order valence-electron chi connectivity index (χ2n) is 7.77. The predicted octanol–water partition coefficient (Wildman–Crippen LogP) is 5.43. The minimum Gasteiger partial charge on any atom is -0.465 e. The lowest BCUT2D eigenvalue weighted by atomic mass is 9.86. The zero-order valence-corrected chi connectivity index (χ0v) is 18.9. The number of fused-ring (bicyclic) bond motifs is 2. The number of furan rings is 1. The van der Waals surface area contributed by atoms with Gasteiger partial charge in [-0.05, 0) is 66.1 Å². The van der Waals surface area contributed by atoms with Crippen LogP contribution in [0.15, 0.2) is 58.5 Å². The summed E-state index contributed by atoms with van der Waals surface area (Å²) in [5, 5.41) is 14.6. The zero-order valence-electron chi connectivity index (χ0n) is 18.0. The molecule has 4 aromatic rings. The fourth-order valence-electron chi connectivity index (χ4n) is 4.11. The van der Waals surface area contributed by atoms with Gasteiger partial charge in [0.05, 0.1) is 28.6 Å². The van der Waals surface area contributed by atoms with Crippen LogP contribution in [0.25, 0.3) is 22.6 Å². The highest BCUT2D eigenvalue weighted by molar-refractivity contribution is 7.14. The molecule has 1 aromatic carbocycles. The van der Waals surface area contributed by atoms with Crippen molar-refractivity contribution in [3.05, 3.63) is 82.3 Å². The van der Waals surface area contributed by atoms with Crippen LogP contribution in [0.3, 0.4) is 0 Å². The lowest BCUT2D eigenvalue weighted by Gasteiger charge is -2.22. The molecule has 7 nitrogen and oxygen atoms in total. The highest BCUT2D eigenvalue weighted by Gasteiger charge is 2.26. The number of ether oxygens (including phenoxy) is 1. The Kier molecular flexibility index (Phi) is 5.93. The number of thiophene rings is 1. The molecule has 0 unspecified atom stereocenters. The fourth-order valence-corrected chi connectivity index (χ4v) is 4.87. The van der Waals surface area contributed by atoms with Crippen LogP contribution in [0.4, 0.5) is 5.00 Å². The third-order valence-electron chi connectivity index (χ3n) is 5.61. The lowest BCUT2D eigenvalue weighted by Crippen LogP contribution is -2.22. The number of hydrogen-bond acceptors (Lipinski definition) is 7. The van der Waals surface area contributed by atoms with Gasteiger partial charge < -0.3 is 14.5 Å². The summed E-state index contributed by atoms with van der Waals surface area (Å²) in [6, 6.07) is 14.8. The summed E-state index contributed by atoms with van der Waals surface area (Å²) in [5.74, 6) is -0.349. The smallest absolute Gasteiger partial charge is 0.339 e. The largest absolute Gasteiger partial charge is 0.465 e. The molecule has 1 amide bonds. The minimum absolute atomic E-state index is 0.370. The van der Waals surface area contributed by atoms with Gasteiger partial charge in [0, 0.05) is 5.39 Å². The number of esters is 1. The van der Waals surface area contributed by atoms with Crippen molar-refractivity contribution in [3.63, 3.8) is 0 Å². The number of amides is 1. The number of para-hydroxylation sites is 1. The van der Waals surface area contributed by atoms with E-state index in [1.165, 1.54) is 11.3 Å². The highest BCUT2D eigenvalue weighted by atomic mass is 32.1. The molecule has 0 bridgehead atoms. The molecule has 0 spiro atoms. The second kappa shape index (κ2) is 9.33. The summed E-state index contributed by atoms with van der Waals surface area (Å²) in [6.07, 6.45) is 5.93. The van der Waals surface area contributed by atoms with Gasteiger partial charge in [-0.2, -0.15) is 5.26 Å². The average molecular weight is 470 g/mol. The van der Waals surface area contributed by atoms with Gasteiger partial charge in [0.1, 0.15) is 16.8 Å². The van der Waals surface area contributed by atoms with Gasteiger partial charge in [-0.1, -0.05) is 18.2 Å².